The van der Waals surface area contributed by atoms with Gasteiger partial charge in [0.15, 0.2) is 0 Å². The highest BCUT2D eigenvalue weighted by Crippen LogP contribution is 2.29. The van der Waals surface area contributed by atoms with Crippen LogP contribution in [0.5, 0.6) is 0 Å². The number of carbonyl (C=O) groups is 2. The van der Waals surface area contributed by atoms with Gasteiger partial charge in [-0.15, -0.1) is 0 Å². The molecule has 1 aliphatic heterocycles. The molecule has 1 aliphatic rings. The van der Waals surface area contributed by atoms with Crippen molar-refractivity contribution in [2.75, 3.05) is 0 Å². The largest absolute Gasteiger partial charge is 0.309 e. The summed E-state index contributed by atoms with van der Waals surface area (Å²) in [6.45, 7) is 1.64. The van der Waals surface area contributed by atoms with Gasteiger partial charge in [-0.1, -0.05) is 12.1 Å². The molecule has 1 unspecified atom stereocenters. The van der Waals surface area contributed by atoms with Crippen LogP contribution in [0.4, 0.5) is 0 Å². The standard InChI is InChI=1S/C18H13N5O3/c1-10(23-17(25)11-4-2-3-5-12(11)18(23)26)16-21-14(8-15(24)22-16)13-6-7-19-9-20-13/h2-10H,1H3,(H,21,22,24). The minimum atomic E-state index is -0.739. The molecule has 0 spiro atoms. The second kappa shape index (κ2) is 5.99. The Labute approximate surface area is 147 Å². The summed E-state index contributed by atoms with van der Waals surface area (Å²) >= 11 is 0. The molecule has 0 aliphatic carbocycles. The summed E-state index contributed by atoms with van der Waals surface area (Å²) in [5, 5.41) is 0. The fourth-order valence-corrected chi connectivity index (χ4v) is 2.93. The van der Waals surface area contributed by atoms with Crippen molar-refractivity contribution in [2.45, 2.75) is 13.0 Å². The van der Waals surface area contributed by atoms with Crippen LogP contribution >= 0.6 is 0 Å². The molecule has 0 bridgehead atoms. The lowest BCUT2D eigenvalue weighted by Gasteiger charge is -2.21. The number of fused-ring (bicyclic) bond motifs is 1. The zero-order valence-corrected chi connectivity index (χ0v) is 13.7. The third kappa shape index (κ3) is 2.48. The molecule has 1 N–H and O–H groups in total. The molecule has 1 aromatic carbocycles. The lowest BCUT2D eigenvalue weighted by Crippen LogP contribution is -2.34. The van der Waals surface area contributed by atoms with Gasteiger partial charge in [-0.05, 0) is 25.1 Å². The second-order valence-corrected chi connectivity index (χ2v) is 5.81. The van der Waals surface area contributed by atoms with E-state index in [2.05, 4.69) is 19.9 Å². The highest BCUT2D eigenvalue weighted by molar-refractivity contribution is 6.21. The molecule has 3 aromatic rings. The summed E-state index contributed by atoms with van der Waals surface area (Å²) in [4.78, 5) is 53.3. The van der Waals surface area contributed by atoms with Crippen LogP contribution in [0.1, 0.15) is 39.5 Å². The van der Waals surface area contributed by atoms with Crippen molar-refractivity contribution in [3.05, 3.63) is 76.2 Å². The molecule has 8 nitrogen and oxygen atoms in total. The minimum Gasteiger partial charge on any atom is -0.309 e. The van der Waals surface area contributed by atoms with Gasteiger partial charge in [0.1, 0.15) is 12.2 Å². The first-order valence-electron chi connectivity index (χ1n) is 7.91. The number of H-pyrrole nitrogens is 1. The molecule has 2 aromatic heterocycles. The molecule has 0 radical (unpaired) electrons. The minimum absolute atomic E-state index is 0.209. The number of aromatic amines is 1. The molecular weight excluding hydrogens is 334 g/mol. The number of carbonyl (C=O) groups excluding carboxylic acids is 2. The van der Waals surface area contributed by atoms with Gasteiger partial charge in [-0.2, -0.15) is 0 Å². The summed E-state index contributed by atoms with van der Waals surface area (Å²) in [5.41, 5.74) is 1.11. The Hall–Kier alpha value is -3.68. The first-order chi connectivity index (χ1) is 12.6. The third-order valence-corrected chi connectivity index (χ3v) is 4.21. The monoisotopic (exact) mass is 347 g/mol. The number of benzene rings is 1. The molecule has 0 saturated heterocycles. The van der Waals surface area contributed by atoms with Crippen LogP contribution in [0.2, 0.25) is 0 Å². The quantitative estimate of drug-likeness (QED) is 0.721. The zero-order chi connectivity index (χ0) is 18.3. The van der Waals surface area contributed by atoms with Crippen molar-refractivity contribution >= 4 is 11.8 Å². The van der Waals surface area contributed by atoms with E-state index in [1.807, 2.05) is 0 Å². The molecule has 0 saturated carbocycles. The Morgan fingerprint density at radius 1 is 1.00 bits per heavy atom. The van der Waals surface area contributed by atoms with E-state index in [4.69, 9.17) is 0 Å². The number of hydrogen-bond acceptors (Lipinski definition) is 6. The molecule has 4 rings (SSSR count). The van der Waals surface area contributed by atoms with Crippen molar-refractivity contribution in [1.29, 1.82) is 0 Å². The predicted octanol–water partition coefficient (Wildman–Crippen LogP) is 1.58. The van der Waals surface area contributed by atoms with E-state index in [0.717, 1.165) is 4.90 Å². The third-order valence-electron chi connectivity index (χ3n) is 4.21. The number of aromatic nitrogens is 4. The van der Waals surface area contributed by atoms with Crippen molar-refractivity contribution < 1.29 is 9.59 Å². The summed E-state index contributed by atoms with van der Waals surface area (Å²) in [6, 6.07) is 8.81. The summed E-state index contributed by atoms with van der Waals surface area (Å²) < 4.78 is 0. The lowest BCUT2D eigenvalue weighted by atomic mass is 10.1. The van der Waals surface area contributed by atoms with Crippen LogP contribution in [-0.4, -0.2) is 36.7 Å². The van der Waals surface area contributed by atoms with Gasteiger partial charge in [0, 0.05) is 12.3 Å². The van der Waals surface area contributed by atoms with Gasteiger partial charge in [0.05, 0.1) is 28.6 Å². The van der Waals surface area contributed by atoms with Gasteiger partial charge in [0.2, 0.25) is 0 Å². The van der Waals surface area contributed by atoms with Gasteiger partial charge < -0.3 is 4.98 Å². The molecule has 2 amide bonds. The Morgan fingerprint density at radius 2 is 1.69 bits per heavy atom. The van der Waals surface area contributed by atoms with Crippen LogP contribution in [0.15, 0.2) is 53.7 Å². The Morgan fingerprint density at radius 3 is 2.31 bits per heavy atom. The van der Waals surface area contributed by atoms with Gasteiger partial charge in [-0.25, -0.2) is 15.0 Å². The summed E-state index contributed by atoms with van der Waals surface area (Å²) in [6.07, 6.45) is 2.89. The molecule has 0 fully saturated rings. The second-order valence-electron chi connectivity index (χ2n) is 5.81. The number of rotatable bonds is 3. The summed E-state index contributed by atoms with van der Waals surface area (Å²) in [7, 11) is 0. The molecule has 8 heteroatoms. The predicted molar refractivity (Wildman–Crippen MR) is 91.2 cm³/mol. The maximum atomic E-state index is 12.6. The molecule has 26 heavy (non-hydrogen) atoms. The maximum absolute atomic E-state index is 12.6. The molecule has 128 valence electrons. The highest BCUT2D eigenvalue weighted by atomic mass is 16.2. The Bertz CT molecular complexity index is 1040. The number of hydrogen-bond donors (Lipinski definition) is 1. The molecular formula is C18H13N5O3. The topological polar surface area (TPSA) is 109 Å². The highest BCUT2D eigenvalue weighted by Gasteiger charge is 2.39. The molecule has 1 atom stereocenters. The first-order valence-corrected chi connectivity index (χ1v) is 7.91. The van der Waals surface area contributed by atoms with Crippen molar-refractivity contribution in [3.8, 4) is 11.4 Å². The average Bonchev–Trinajstić information content (AvgIpc) is 2.92. The van der Waals surface area contributed by atoms with E-state index in [0.29, 0.717) is 22.5 Å². The SMILES string of the molecule is CC(c1nc(-c2ccncn2)cc(=O)[nH]1)N1C(=O)c2ccccc2C1=O. The maximum Gasteiger partial charge on any atom is 0.262 e. The van der Waals surface area contributed by atoms with E-state index in [-0.39, 0.29) is 5.82 Å². The normalized spacial score (nSPS) is 14.4. The van der Waals surface area contributed by atoms with Crippen LogP contribution in [0.3, 0.4) is 0 Å². The Kier molecular flexibility index (Phi) is 3.65. The van der Waals surface area contributed by atoms with Gasteiger partial charge >= 0.3 is 0 Å². The fourth-order valence-electron chi connectivity index (χ4n) is 2.93. The van der Waals surface area contributed by atoms with Crippen LogP contribution in [0, 0.1) is 0 Å². The van der Waals surface area contributed by atoms with E-state index < -0.39 is 23.4 Å². The van der Waals surface area contributed by atoms with Crippen molar-refractivity contribution in [2.24, 2.45) is 0 Å². The van der Waals surface area contributed by atoms with Crippen LogP contribution in [0.25, 0.3) is 11.4 Å². The number of nitrogens with one attached hydrogen (secondary N) is 1. The number of amides is 2. The number of nitrogens with zero attached hydrogens (tertiary/aromatic N) is 4. The number of imide groups is 1. The Balaban J connectivity index is 1.75. The van der Waals surface area contributed by atoms with E-state index >= 15 is 0 Å². The van der Waals surface area contributed by atoms with Crippen molar-refractivity contribution in [1.82, 2.24) is 24.8 Å². The lowest BCUT2D eigenvalue weighted by molar-refractivity contribution is 0.0588. The smallest absolute Gasteiger partial charge is 0.262 e. The van der Waals surface area contributed by atoms with Gasteiger partial charge in [0.25, 0.3) is 17.4 Å². The average molecular weight is 347 g/mol. The van der Waals surface area contributed by atoms with Crippen LogP contribution < -0.4 is 5.56 Å². The zero-order valence-electron chi connectivity index (χ0n) is 13.7. The molecule has 3 heterocycles. The van der Waals surface area contributed by atoms with E-state index in [9.17, 15) is 14.4 Å². The van der Waals surface area contributed by atoms with Gasteiger partial charge in [-0.3, -0.25) is 19.3 Å². The van der Waals surface area contributed by atoms with E-state index in [1.54, 1.807) is 43.5 Å². The van der Waals surface area contributed by atoms with Crippen LogP contribution in [-0.2, 0) is 0 Å². The van der Waals surface area contributed by atoms with E-state index in [1.165, 1.54) is 12.4 Å². The first kappa shape index (κ1) is 15.8. The fraction of sp³-hybridized carbons (Fsp3) is 0.111. The summed E-state index contributed by atoms with van der Waals surface area (Å²) in [5.74, 6) is -0.609. The van der Waals surface area contributed by atoms with Crippen molar-refractivity contribution in [3.63, 3.8) is 0 Å².